The number of thioether (sulfide) groups is 1. The van der Waals surface area contributed by atoms with Crippen LogP contribution in [0.5, 0.6) is 0 Å². The molecule has 0 atom stereocenters. The Kier molecular flexibility index (Phi) is 1.74. The van der Waals surface area contributed by atoms with Crippen LogP contribution in [0.4, 0.5) is 4.79 Å². The van der Waals surface area contributed by atoms with E-state index in [1.807, 2.05) is 0 Å². The molecule has 48 valence electrons. The number of imidazole rings is 1. The van der Waals surface area contributed by atoms with Crippen LogP contribution in [0.25, 0.3) is 0 Å². The van der Waals surface area contributed by atoms with Crippen molar-refractivity contribution in [1.29, 1.82) is 0 Å². The van der Waals surface area contributed by atoms with E-state index in [0.29, 0.717) is 5.03 Å². The summed E-state index contributed by atoms with van der Waals surface area (Å²) in [5, 5.41) is 0.157. The van der Waals surface area contributed by atoms with Crippen molar-refractivity contribution in [3.63, 3.8) is 0 Å². The fourth-order valence-electron chi connectivity index (χ4n) is 0.406. The maximum atomic E-state index is 10.2. The standard InChI is InChI=1S/C4H5N3OS/c5-4(8)9-3-1-6-2-7-3/h1-2H,(H2,5,8)(H,6,7). The quantitative estimate of drug-likeness (QED) is 0.565. The van der Waals surface area contributed by atoms with Crippen molar-refractivity contribution in [3.8, 4) is 0 Å². The highest BCUT2D eigenvalue weighted by Crippen LogP contribution is 2.11. The van der Waals surface area contributed by atoms with Crippen molar-refractivity contribution in [2.24, 2.45) is 5.73 Å². The van der Waals surface area contributed by atoms with Gasteiger partial charge in [-0.05, 0) is 11.8 Å². The fourth-order valence-corrected chi connectivity index (χ4v) is 0.844. The molecule has 5 heteroatoms. The van der Waals surface area contributed by atoms with Gasteiger partial charge in [-0.25, -0.2) is 4.98 Å². The van der Waals surface area contributed by atoms with E-state index in [1.54, 1.807) is 6.20 Å². The van der Waals surface area contributed by atoms with Gasteiger partial charge in [-0.3, -0.25) is 4.79 Å². The molecule has 0 aliphatic rings. The predicted octanol–water partition coefficient (Wildman–Crippen LogP) is 0.581. The van der Waals surface area contributed by atoms with Crippen LogP contribution >= 0.6 is 11.8 Å². The highest BCUT2D eigenvalue weighted by Gasteiger charge is 1.98. The molecule has 0 saturated heterocycles. The smallest absolute Gasteiger partial charge is 0.282 e. The van der Waals surface area contributed by atoms with Crippen LogP contribution in [0.15, 0.2) is 17.6 Å². The molecular weight excluding hydrogens is 138 g/mol. The van der Waals surface area contributed by atoms with Gasteiger partial charge in [0.1, 0.15) is 5.03 Å². The van der Waals surface area contributed by atoms with Gasteiger partial charge < -0.3 is 10.7 Å². The molecular formula is C4H5N3OS. The molecule has 0 fully saturated rings. The molecule has 1 amide bonds. The second kappa shape index (κ2) is 2.54. The minimum Gasteiger partial charge on any atom is -0.360 e. The van der Waals surface area contributed by atoms with E-state index in [9.17, 15) is 4.79 Å². The zero-order valence-electron chi connectivity index (χ0n) is 4.50. The Hall–Kier alpha value is -0.970. The van der Waals surface area contributed by atoms with Crippen molar-refractivity contribution in [2.75, 3.05) is 0 Å². The Morgan fingerprint density at radius 2 is 2.67 bits per heavy atom. The highest BCUT2D eigenvalue weighted by molar-refractivity contribution is 8.13. The molecule has 0 aliphatic heterocycles. The molecule has 1 rings (SSSR count). The van der Waals surface area contributed by atoms with E-state index in [-0.39, 0.29) is 0 Å². The largest absolute Gasteiger partial charge is 0.360 e. The third kappa shape index (κ3) is 1.77. The Morgan fingerprint density at radius 3 is 3.11 bits per heavy atom. The Balaban J connectivity index is 2.58. The monoisotopic (exact) mass is 143 g/mol. The summed E-state index contributed by atoms with van der Waals surface area (Å²) in [7, 11) is 0. The third-order valence-corrected chi connectivity index (χ3v) is 1.31. The molecule has 9 heavy (non-hydrogen) atoms. The molecule has 0 aromatic carbocycles. The normalized spacial score (nSPS) is 9.33. The number of nitrogens with two attached hydrogens (primary N) is 1. The van der Waals surface area contributed by atoms with E-state index >= 15 is 0 Å². The number of amides is 1. The lowest BCUT2D eigenvalue weighted by molar-refractivity contribution is 0.267. The summed E-state index contributed by atoms with van der Waals surface area (Å²) in [6.45, 7) is 0. The number of nitrogens with one attached hydrogen (secondary N) is 1. The Labute approximate surface area is 55.8 Å². The second-order valence-electron chi connectivity index (χ2n) is 1.33. The molecule has 0 unspecified atom stereocenters. The summed E-state index contributed by atoms with van der Waals surface area (Å²) in [4.78, 5) is 16.7. The van der Waals surface area contributed by atoms with Crippen LogP contribution in [0.2, 0.25) is 0 Å². The van der Waals surface area contributed by atoms with Crippen molar-refractivity contribution < 1.29 is 4.79 Å². The number of aromatic nitrogens is 2. The number of aromatic amines is 1. The van der Waals surface area contributed by atoms with Crippen LogP contribution < -0.4 is 5.73 Å². The van der Waals surface area contributed by atoms with Gasteiger partial charge in [0, 0.05) is 6.20 Å². The van der Waals surface area contributed by atoms with Crippen molar-refractivity contribution >= 4 is 17.0 Å². The van der Waals surface area contributed by atoms with E-state index in [1.165, 1.54) is 6.33 Å². The number of hydrogen-bond acceptors (Lipinski definition) is 3. The first-order chi connectivity index (χ1) is 4.29. The summed E-state index contributed by atoms with van der Waals surface area (Å²) in [6, 6.07) is 0. The first kappa shape index (κ1) is 6.15. The lowest BCUT2D eigenvalue weighted by Crippen LogP contribution is -2.01. The van der Waals surface area contributed by atoms with Crippen LogP contribution in [-0.2, 0) is 0 Å². The van der Waals surface area contributed by atoms with Gasteiger partial charge in [0.15, 0.2) is 0 Å². The molecule has 0 spiro atoms. The average molecular weight is 143 g/mol. The summed E-state index contributed by atoms with van der Waals surface area (Å²) >= 11 is 0.902. The molecule has 4 nitrogen and oxygen atoms in total. The van der Waals surface area contributed by atoms with E-state index in [4.69, 9.17) is 5.73 Å². The zero-order chi connectivity index (χ0) is 6.69. The lowest BCUT2D eigenvalue weighted by Gasteiger charge is -1.84. The van der Waals surface area contributed by atoms with Gasteiger partial charge >= 0.3 is 0 Å². The minimum atomic E-state index is -0.442. The molecule has 1 heterocycles. The summed E-state index contributed by atoms with van der Waals surface area (Å²) in [5.74, 6) is 0. The van der Waals surface area contributed by atoms with Crippen LogP contribution in [0.1, 0.15) is 0 Å². The predicted molar refractivity (Wildman–Crippen MR) is 34.0 cm³/mol. The topological polar surface area (TPSA) is 71.8 Å². The number of H-pyrrole nitrogens is 1. The minimum absolute atomic E-state index is 0.442. The number of hydrogen-bond donors (Lipinski definition) is 2. The lowest BCUT2D eigenvalue weighted by atomic mass is 11.0. The van der Waals surface area contributed by atoms with Crippen molar-refractivity contribution in [1.82, 2.24) is 9.97 Å². The Bertz CT molecular complexity index is 196. The van der Waals surface area contributed by atoms with Gasteiger partial charge in [-0.15, -0.1) is 0 Å². The van der Waals surface area contributed by atoms with Gasteiger partial charge in [0.25, 0.3) is 5.24 Å². The van der Waals surface area contributed by atoms with E-state index in [0.717, 1.165) is 11.8 Å². The number of primary amides is 1. The van der Waals surface area contributed by atoms with E-state index < -0.39 is 5.24 Å². The first-order valence-electron chi connectivity index (χ1n) is 2.25. The molecule has 0 aliphatic carbocycles. The molecule has 3 N–H and O–H groups in total. The average Bonchev–Trinajstić information content (AvgIpc) is 2.15. The molecule has 0 bridgehead atoms. The summed E-state index contributed by atoms with van der Waals surface area (Å²) in [6.07, 6.45) is 3.10. The van der Waals surface area contributed by atoms with Gasteiger partial charge in [-0.2, -0.15) is 0 Å². The van der Waals surface area contributed by atoms with Gasteiger partial charge in [-0.1, -0.05) is 0 Å². The van der Waals surface area contributed by atoms with Crippen molar-refractivity contribution in [2.45, 2.75) is 5.03 Å². The highest BCUT2D eigenvalue weighted by atomic mass is 32.2. The fraction of sp³-hybridized carbons (Fsp3) is 0. The van der Waals surface area contributed by atoms with Crippen molar-refractivity contribution in [3.05, 3.63) is 12.5 Å². The van der Waals surface area contributed by atoms with E-state index in [2.05, 4.69) is 9.97 Å². The number of carbonyl (C=O) groups is 1. The van der Waals surface area contributed by atoms with Crippen LogP contribution in [0.3, 0.4) is 0 Å². The third-order valence-electron chi connectivity index (χ3n) is 0.678. The molecule has 0 radical (unpaired) electrons. The summed E-state index contributed by atoms with van der Waals surface area (Å²) < 4.78 is 0. The zero-order valence-corrected chi connectivity index (χ0v) is 5.31. The number of rotatable bonds is 1. The van der Waals surface area contributed by atoms with Gasteiger partial charge in [0.05, 0.1) is 6.33 Å². The molecule has 1 aromatic rings. The molecule has 1 aromatic heterocycles. The number of nitrogens with zero attached hydrogens (tertiary/aromatic N) is 1. The van der Waals surface area contributed by atoms with Gasteiger partial charge in [0.2, 0.25) is 0 Å². The second-order valence-corrected chi connectivity index (χ2v) is 2.35. The maximum absolute atomic E-state index is 10.2. The summed E-state index contributed by atoms with van der Waals surface area (Å²) in [5.41, 5.74) is 4.85. The Morgan fingerprint density at radius 1 is 1.89 bits per heavy atom. The number of carbonyl (C=O) groups excluding carboxylic acids is 1. The van der Waals surface area contributed by atoms with Crippen LogP contribution in [-0.4, -0.2) is 15.2 Å². The van der Waals surface area contributed by atoms with Crippen LogP contribution in [0, 0.1) is 0 Å². The first-order valence-corrected chi connectivity index (χ1v) is 3.07. The molecule has 0 saturated carbocycles. The maximum Gasteiger partial charge on any atom is 0.282 e. The SMILES string of the molecule is NC(=O)Sc1c[nH]cn1.